The summed E-state index contributed by atoms with van der Waals surface area (Å²) in [5, 5.41) is 26.9. The van der Waals surface area contributed by atoms with Crippen LogP contribution in [0.25, 0.3) is 0 Å². The number of aromatic hydroxyl groups is 1. The zero-order valence-electron chi connectivity index (χ0n) is 7.06. The van der Waals surface area contributed by atoms with Gasteiger partial charge in [0.25, 0.3) is 0 Å². The van der Waals surface area contributed by atoms with Gasteiger partial charge < -0.3 is 15.3 Å². The van der Waals surface area contributed by atoms with Crippen LogP contribution in [0.15, 0.2) is 18.2 Å². The van der Waals surface area contributed by atoms with Gasteiger partial charge in [-0.1, -0.05) is 12.1 Å². The van der Waals surface area contributed by atoms with Crippen LogP contribution in [-0.2, 0) is 4.79 Å². The van der Waals surface area contributed by atoms with Crippen molar-refractivity contribution in [2.75, 3.05) is 0 Å². The van der Waals surface area contributed by atoms with Crippen LogP contribution in [0.5, 0.6) is 5.75 Å². The third kappa shape index (κ3) is 1.97. The molecule has 0 spiro atoms. The summed E-state index contributed by atoms with van der Waals surface area (Å²) in [7, 11) is 0. The van der Waals surface area contributed by atoms with Crippen molar-refractivity contribution >= 4 is 5.97 Å². The van der Waals surface area contributed by atoms with Crippen LogP contribution in [-0.4, -0.2) is 21.3 Å². The summed E-state index contributed by atoms with van der Waals surface area (Å²) in [4.78, 5) is 10.4. The van der Waals surface area contributed by atoms with Gasteiger partial charge in [0.15, 0.2) is 6.10 Å². The smallest absolute Gasteiger partial charge is 0.337 e. The number of benzene rings is 1. The van der Waals surface area contributed by atoms with Gasteiger partial charge in [-0.25, -0.2) is 4.79 Å². The lowest BCUT2D eigenvalue weighted by Crippen LogP contribution is -2.10. The maximum absolute atomic E-state index is 10.4. The second-order valence-corrected chi connectivity index (χ2v) is 2.80. The van der Waals surface area contributed by atoms with Crippen LogP contribution in [0.1, 0.15) is 17.2 Å². The molecule has 1 unspecified atom stereocenters. The Morgan fingerprint density at radius 2 is 2.08 bits per heavy atom. The molecule has 0 fully saturated rings. The molecule has 0 amide bonds. The van der Waals surface area contributed by atoms with E-state index >= 15 is 0 Å². The molecule has 0 aliphatic rings. The van der Waals surface area contributed by atoms with Crippen molar-refractivity contribution in [2.24, 2.45) is 0 Å². The van der Waals surface area contributed by atoms with Crippen molar-refractivity contribution in [3.8, 4) is 5.75 Å². The number of carboxylic acids is 1. The van der Waals surface area contributed by atoms with Gasteiger partial charge in [0, 0.05) is 5.56 Å². The van der Waals surface area contributed by atoms with E-state index in [4.69, 9.17) is 10.2 Å². The number of aliphatic hydroxyl groups excluding tert-OH is 1. The number of hydrogen-bond donors (Lipinski definition) is 3. The van der Waals surface area contributed by atoms with Crippen LogP contribution >= 0.6 is 0 Å². The normalized spacial score (nSPS) is 12.5. The van der Waals surface area contributed by atoms with E-state index in [-0.39, 0.29) is 11.3 Å². The van der Waals surface area contributed by atoms with Crippen LogP contribution < -0.4 is 0 Å². The molecule has 1 aromatic carbocycles. The predicted octanol–water partition coefficient (Wildman–Crippen LogP) is 0.819. The summed E-state index contributed by atoms with van der Waals surface area (Å²) in [5.74, 6) is -1.57. The highest BCUT2D eigenvalue weighted by atomic mass is 16.4. The third-order valence-corrected chi connectivity index (χ3v) is 1.71. The molecule has 0 heterocycles. The van der Waals surface area contributed by atoms with E-state index in [1.54, 1.807) is 13.0 Å². The third-order valence-electron chi connectivity index (χ3n) is 1.71. The van der Waals surface area contributed by atoms with Gasteiger partial charge in [-0.05, 0) is 18.6 Å². The minimum absolute atomic E-state index is 0.0121. The molecule has 0 saturated heterocycles. The lowest BCUT2D eigenvalue weighted by atomic mass is 10.1. The fraction of sp³-hybridized carbons (Fsp3) is 0.222. The average Bonchev–Trinajstić information content (AvgIpc) is 2.03. The van der Waals surface area contributed by atoms with E-state index < -0.39 is 12.1 Å². The van der Waals surface area contributed by atoms with Gasteiger partial charge >= 0.3 is 5.97 Å². The largest absolute Gasteiger partial charge is 0.508 e. The first-order valence-corrected chi connectivity index (χ1v) is 3.72. The standard InChI is InChI=1S/C9H10O4/c1-5-2-3-6(7(10)4-5)8(11)9(12)13/h2-4,8,10-11H,1H3,(H,12,13). The Morgan fingerprint density at radius 3 is 2.54 bits per heavy atom. The summed E-state index contributed by atoms with van der Waals surface area (Å²) in [6, 6.07) is 4.42. The molecule has 13 heavy (non-hydrogen) atoms. The minimum Gasteiger partial charge on any atom is -0.508 e. The van der Waals surface area contributed by atoms with E-state index in [2.05, 4.69) is 0 Å². The van der Waals surface area contributed by atoms with E-state index in [9.17, 15) is 9.90 Å². The molecule has 0 aliphatic heterocycles. The lowest BCUT2D eigenvalue weighted by molar-refractivity contribution is -0.147. The molecule has 0 saturated carbocycles. The fourth-order valence-electron chi connectivity index (χ4n) is 1.02. The fourth-order valence-corrected chi connectivity index (χ4v) is 1.02. The SMILES string of the molecule is Cc1ccc(C(O)C(=O)O)c(O)c1. The molecule has 3 N–H and O–H groups in total. The molecule has 1 aromatic rings. The van der Waals surface area contributed by atoms with E-state index in [0.29, 0.717) is 0 Å². The Labute approximate surface area is 75.1 Å². The summed E-state index contributed by atoms with van der Waals surface area (Å²) in [5.41, 5.74) is 0.817. The molecule has 0 radical (unpaired) electrons. The molecule has 4 heteroatoms. The molecule has 0 aliphatic carbocycles. The van der Waals surface area contributed by atoms with Crippen molar-refractivity contribution < 1.29 is 20.1 Å². The zero-order valence-corrected chi connectivity index (χ0v) is 7.06. The molecule has 0 bridgehead atoms. The number of carbonyl (C=O) groups is 1. The van der Waals surface area contributed by atoms with Crippen molar-refractivity contribution in [1.82, 2.24) is 0 Å². The number of rotatable bonds is 2. The summed E-state index contributed by atoms with van der Waals surface area (Å²) < 4.78 is 0. The number of hydrogen-bond acceptors (Lipinski definition) is 3. The number of phenolic OH excluding ortho intramolecular Hbond substituents is 1. The number of aliphatic carboxylic acids is 1. The summed E-state index contributed by atoms with van der Waals surface area (Å²) >= 11 is 0. The van der Waals surface area contributed by atoms with Crippen LogP contribution in [0, 0.1) is 6.92 Å². The Balaban J connectivity index is 3.08. The van der Waals surface area contributed by atoms with Crippen molar-refractivity contribution in [1.29, 1.82) is 0 Å². The number of aryl methyl sites for hydroxylation is 1. The molecular formula is C9H10O4. The molecule has 1 rings (SSSR count). The van der Waals surface area contributed by atoms with Crippen LogP contribution in [0.2, 0.25) is 0 Å². The van der Waals surface area contributed by atoms with Gasteiger partial charge in [-0.3, -0.25) is 0 Å². The Bertz CT molecular complexity index is 332. The molecule has 1 atom stereocenters. The highest BCUT2D eigenvalue weighted by molar-refractivity contribution is 5.75. The zero-order chi connectivity index (χ0) is 10.0. The highest BCUT2D eigenvalue weighted by Gasteiger charge is 2.18. The maximum Gasteiger partial charge on any atom is 0.337 e. The second-order valence-electron chi connectivity index (χ2n) is 2.80. The first kappa shape index (κ1) is 9.54. The van der Waals surface area contributed by atoms with Gasteiger partial charge in [0.2, 0.25) is 0 Å². The maximum atomic E-state index is 10.4. The first-order chi connectivity index (χ1) is 6.02. The Hall–Kier alpha value is -1.55. The molecule has 4 nitrogen and oxygen atoms in total. The second kappa shape index (κ2) is 3.45. The van der Waals surface area contributed by atoms with Crippen molar-refractivity contribution in [3.05, 3.63) is 29.3 Å². The van der Waals surface area contributed by atoms with Crippen LogP contribution in [0.3, 0.4) is 0 Å². The summed E-state index contributed by atoms with van der Waals surface area (Å²) in [6.07, 6.45) is -1.67. The average molecular weight is 182 g/mol. The quantitative estimate of drug-likeness (QED) is 0.632. The minimum atomic E-state index is -1.67. The Morgan fingerprint density at radius 1 is 1.46 bits per heavy atom. The van der Waals surface area contributed by atoms with Crippen molar-refractivity contribution in [2.45, 2.75) is 13.0 Å². The topological polar surface area (TPSA) is 77.8 Å². The Kier molecular flexibility index (Phi) is 2.53. The van der Waals surface area contributed by atoms with Gasteiger partial charge in [0.05, 0.1) is 0 Å². The van der Waals surface area contributed by atoms with Gasteiger partial charge in [0.1, 0.15) is 5.75 Å². The molecular weight excluding hydrogens is 172 g/mol. The first-order valence-electron chi connectivity index (χ1n) is 3.72. The monoisotopic (exact) mass is 182 g/mol. The number of phenols is 1. The molecule has 0 aromatic heterocycles. The number of carboxylic acid groups (broad SMARTS) is 1. The predicted molar refractivity (Wildman–Crippen MR) is 45.4 cm³/mol. The van der Waals surface area contributed by atoms with E-state index in [1.807, 2.05) is 0 Å². The van der Waals surface area contributed by atoms with E-state index in [0.717, 1.165) is 5.56 Å². The lowest BCUT2D eigenvalue weighted by Gasteiger charge is -2.08. The summed E-state index contributed by atoms with van der Waals surface area (Å²) in [6.45, 7) is 1.76. The van der Waals surface area contributed by atoms with Gasteiger partial charge in [-0.15, -0.1) is 0 Å². The molecule has 70 valence electrons. The van der Waals surface area contributed by atoms with Crippen molar-refractivity contribution in [3.63, 3.8) is 0 Å². The van der Waals surface area contributed by atoms with Crippen LogP contribution in [0.4, 0.5) is 0 Å². The van der Waals surface area contributed by atoms with E-state index in [1.165, 1.54) is 12.1 Å². The highest BCUT2D eigenvalue weighted by Crippen LogP contribution is 2.24. The van der Waals surface area contributed by atoms with Gasteiger partial charge in [-0.2, -0.15) is 0 Å². The number of aliphatic hydroxyl groups is 1.